The van der Waals surface area contributed by atoms with Crippen LogP contribution in [0.25, 0.3) is 0 Å². The van der Waals surface area contributed by atoms with Gasteiger partial charge in [0.1, 0.15) is 5.56 Å². The van der Waals surface area contributed by atoms with Crippen molar-refractivity contribution in [3.63, 3.8) is 0 Å². The number of carboxylic acids is 1. The summed E-state index contributed by atoms with van der Waals surface area (Å²) in [5, 5.41) is 12.4. The zero-order valence-electron chi connectivity index (χ0n) is 10.3. The highest BCUT2D eigenvalue weighted by atomic mass is 35.5. The van der Waals surface area contributed by atoms with E-state index in [-0.39, 0.29) is 15.8 Å². The third kappa shape index (κ3) is 3.99. The van der Waals surface area contributed by atoms with Crippen LogP contribution >= 0.6 is 11.6 Å². The average Bonchev–Trinajstić information content (AvgIpc) is 2.28. The van der Waals surface area contributed by atoms with E-state index in [1.54, 1.807) is 24.5 Å². The van der Waals surface area contributed by atoms with Gasteiger partial charge in [0.2, 0.25) is 0 Å². The number of halogens is 1. The molecule has 0 aliphatic carbocycles. The second kappa shape index (κ2) is 6.75. The van der Waals surface area contributed by atoms with E-state index >= 15 is 0 Å². The second-order valence-corrected chi connectivity index (χ2v) is 6.20. The quantitative estimate of drug-likeness (QED) is 0.845. The van der Waals surface area contributed by atoms with Gasteiger partial charge >= 0.3 is 5.97 Å². The van der Waals surface area contributed by atoms with E-state index in [1.807, 2.05) is 6.92 Å². The molecule has 2 unspecified atom stereocenters. The van der Waals surface area contributed by atoms with E-state index in [1.165, 1.54) is 0 Å². The number of hydrogen-bond donors (Lipinski definition) is 2. The fourth-order valence-electron chi connectivity index (χ4n) is 1.46. The molecule has 2 atom stereocenters. The van der Waals surface area contributed by atoms with Crippen molar-refractivity contribution >= 4 is 34.1 Å². The maximum absolute atomic E-state index is 11.2. The van der Waals surface area contributed by atoms with Crippen LogP contribution in [0.5, 0.6) is 0 Å². The van der Waals surface area contributed by atoms with Gasteiger partial charge in [0, 0.05) is 28.9 Å². The SMILES string of the molecule is CC(CCNc1cccc(Cl)c1C(=O)O)S(C)=O. The Kier molecular flexibility index (Phi) is 5.62. The van der Waals surface area contributed by atoms with Gasteiger partial charge in [0.15, 0.2) is 0 Å². The number of hydrogen-bond acceptors (Lipinski definition) is 3. The molecule has 0 fully saturated rings. The Balaban J connectivity index is 2.71. The molecule has 1 rings (SSSR count). The van der Waals surface area contributed by atoms with Gasteiger partial charge in [-0.1, -0.05) is 24.6 Å². The van der Waals surface area contributed by atoms with Crippen LogP contribution in [0.15, 0.2) is 18.2 Å². The van der Waals surface area contributed by atoms with Crippen LogP contribution in [0.3, 0.4) is 0 Å². The van der Waals surface area contributed by atoms with Crippen LogP contribution in [0.1, 0.15) is 23.7 Å². The number of benzene rings is 1. The summed E-state index contributed by atoms with van der Waals surface area (Å²) in [4.78, 5) is 11.1. The van der Waals surface area contributed by atoms with Crippen molar-refractivity contribution in [3.8, 4) is 0 Å². The molecule has 1 aromatic rings. The van der Waals surface area contributed by atoms with Gasteiger partial charge in [-0.05, 0) is 18.6 Å². The Hall–Kier alpha value is -1.07. The molecule has 0 bridgehead atoms. The number of aromatic carboxylic acids is 1. The van der Waals surface area contributed by atoms with Gasteiger partial charge < -0.3 is 10.4 Å². The van der Waals surface area contributed by atoms with E-state index in [9.17, 15) is 9.00 Å². The van der Waals surface area contributed by atoms with E-state index < -0.39 is 16.8 Å². The standard InChI is InChI=1S/C12H16ClNO3S/c1-8(18(2)17)6-7-14-10-5-3-4-9(13)11(10)12(15)16/h3-5,8,14H,6-7H2,1-2H3,(H,15,16). The third-order valence-electron chi connectivity index (χ3n) is 2.66. The van der Waals surface area contributed by atoms with Crippen molar-refractivity contribution in [2.24, 2.45) is 0 Å². The van der Waals surface area contributed by atoms with Gasteiger partial charge in [0.25, 0.3) is 0 Å². The molecular weight excluding hydrogens is 274 g/mol. The third-order valence-corrected chi connectivity index (χ3v) is 4.34. The monoisotopic (exact) mass is 289 g/mol. The number of carbonyl (C=O) groups is 1. The van der Waals surface area contributed by atoms with Gasteiger partial charge in [0.05, 0.1) is 10.7 Å². The molecule has 0 heterocycles. The first-order valence-corrected chi connectivity index (χ1v) is 7.51. The van der Waals surface area contributed by atoms with Crippen LogP contribution in [0, 0.1) is 0 Å². The van der Waals surface area contributed by atoms with Crippen molar-refractivity contribution < 1.29 is 14.1 Å². The lowest BCUT2D eigenvalue weighted by molar-refractivity contribution is 0.0698. The fourth-order valence-corrected chi connectivity index (χ4v) is 2.17. The summed E-state index contributed by atoms with van der Waals surface area (Å²) in [5.74, 6) is -1.06. The van der Waals surface area contributed by atoms with Crippen molar-refractivity contribution in [2.45, 2.75) is 18.6 Å². The van der Waals surface area contributed by atoms with Crippen LogP contribution in [-0.2, 0) is 10.8 Å². The van der Waals surface area contributed by atoms with E-state index in [4.69, 9.17) is 16.7 Å². The first-order chi connectivity index (χ1) is 8.43. The van der Waals surface area contributed by atoms with Crippen molar-refractivity contribution in [1.29, 1.82) is 0 Å². The molecule has 0 aliphatic rings. The van der Waals surface area contributed by atoms with Gasteiger partial charge in [-0.3, -0.25) is 4.21 Å². The Labute approximate surface area is 114 Å². The van der Waals surface area contributed by atoms with Crippen LogP contribution in [0.2, 0.25) is 5.02 Å². The number of carboxylic acid groups (broad SMARTS) is 1. The molecule has 18 heavy (non-hydrogen) atoms. The zero-order chi connectivity index (χ0) is 13.7. The molecule has 0 amide bonds. The normalized spacial score (nSPS) is 13.9. The molecular formula is C12H16ClNO3S. The first kappa shape index (κ1) is 15.0. The van der Waals surface area contributed by atoms with E-state index in [0.717, 1.165) is 0 Å². The molecule has 0 aliphatic heterocycles. The van der Waals surface area contributed by atoms with Gasteiger partial charge in [-0.25, -0.2) is 4.79 Å². The fraction of sp³-hybridized carbons (Fsp3) is 0.417. The highest BCUT2D eigenvalue weighted by Crippen LogP contribution is 2.24. The Bertz CT molecular complexity index is 465. The van der Waals surface area contributed by atoms with Gasteiger partial charge in [-0.15, -0.1) is 0 Å². The molecule has 2 N–H and O–H groups in total. The average molecular weight is 290 g/mol. The lowest BCUT2D eigenvalue weighted by Crippen LogP contribution is -2.16. The van der Waals surface area contributed by atoms with Crippen molar-refractivity contribution in [1.82, 2.24) is 0 Å². The van der Waals surface area contributed by atoms with Crippen LogP contribution in [-0.4, -0.2) is 33.3 Å². The predicted octanol–water partition coefficient (Wildman–Crippen LogP) is 2.61. The topological polar surface area (TPSA) is 66.4 Å². The predicted molar refractivity (Wildman–Crippen MR) is 75.0 cm³/mol. The number of anilines is 1. The highest BCUT2D eigenvalue weighted by molar-refractivity contribution is 7.84. The number of rotatable bonds is 6. The van der Waals surface area contributed by atoms with Crippen LogP contribution in [0.4, 0.5) is 5.69 Å². The maximum atomic E-state index is 11.2. The molecule has 0 radical (unpaired) electrons. The molecule has 6 heteroatoms. The van der Waals surface area contributed by atoms with Gasteiger partial charge in [-0.2, -0.15) is 0 Å². The lowest BCUT2D eigenvalue weighted by atomic mass is 10.1. The van der Waals surface area contributed by atoms with Crippen molar-refractivity contribution in [2.75, 3.05) is 18.1 Å². The molecule has 100 valence electrons. The van der Waals surface area contributed by atoms with E-state index in [0.29, 0.717) is 18.7 Å². The summed E-state index contributed by atoms with van der Waals surface area (Å²) in [6.07, 6.45) is 2.36. The minimum absolute atomic E-state index is 0.0736. The highest BCUT2D eigenvalue weighted by Gasteiger charge is 2.14. The minimum Gasteiger partial charge on any atom is -0.478 e. The summed E-state index contributed by atoms with van der Waals surface area (Å²) >= 11 is 5.85. The zero-order valence-corrected chi connectivity index (χ0v) is 11.8. The van der Waals surface area contributed by atoms with Crippen molar-refractivity contribution in [3.05, 3.63) is 28.8 Å². The Morgan fingerprint density at radius 2 is 2.22 bits per heavy atom. The molecule has 0 saturated carbocycles. The molecule has 1 aromatic carbocycles. The second-order valence-electron chi connectivity index (χ2n) is 3.99. The molecule has 0 aromatic heterocycles. The number of nitrogens with one attached hydrogen (secondary N) is 1. The molecule has 0 saturated heterocycles. The summed E-state index contributed by atoms with van der Waals surface area (Å²) in [6, 6.07) is 4.90. The summed E-state index contributed by atoms with van der Waals surface area (Å²) in [6.45, 7) is 2.45. The van der Waals surface area contributed by atoms with E-state index in [2.05, 4.69) is 5.32 Å². The molecule has 4 nitrogen and oxygen atoms in total. The largest absolute Gasteiger partial charge is 0.478 e. The Morgan fingerprint density at radius 3 is 2.78 bits per heavy atom. The summed E-state index contributed by atoms with van der Waals surface area (Å²) < 4.78 is 11.2. The summed E-state index contributed by atoms with van der Waals surface area (Å²) in [7, 11) is -0.869. The summed E-state index contributed by atoms with van der Waals surface area (Å²) in [5.41, 5.74) is 0.563. The first-order valence-electron chi connectivity index (χ1n) is 5.51. The smallest absolute Gasteiger partial charge is 0.339 e. The lowest BCUT2D eigenvalue weighted by Gasteiger charge is -2.12. The molecule has 0 spiro atoms. The minimum atomic E-state index is -1.06. The van der Waals surface area contributed by atoms with Crippen LogP contribution < -0.4 is 5.32 Å². The Morgan fingerprint density at radius 1 is 1.56 bits per heavy atom. The maximum Gasteiger partial charge on any atom is 0.339 e.